The Morgan fingerprint density at radius 3 is 2.64 bits per heavy atom. The van der Waals surface area contributed by atoms with E-state index >= 15 is 0 Å². The Hall–Kier alpha value is -5.18. The number of hydrogen-bond acceptors (Lipinski definition) is 8. The fraction of sp³-hybridized carbons (Fsp3) is 0.125. The second kappa shape index (κ2) is 8.88. The molecule has 3 heterocycles. The molecule has 0 radical (unpaired) electrons. The molecule has 0 atom stereocenters. The molecule has 0 saturated carbocycles. The van der Waals surface area contributed by atoms with Crippen LogP contribution >= 0.6 is 0 Å². The molecule has 12 heteroatoms. The normalized spacial score (nSPS) is 10.9. The first-order valence-electron chi connectivity index (χ1n) is 10.7. The highest BCUT2D eigenvalue weighted by Crippen LogP contribution is 2.19. The van der Waals surface area contributed by atoms with Gasteiger partial charge in [-0.05, 0) is 54.4 Å². The molecule has 3 aromatic heterocycles. The van der Waals surface area contributed by atoms with Crippen molar-refractivity contribution >= 4 is 22.7 Å². The number of halogens is 1. The number of fused-ring (bicyclic) bond motifs is 1. The minimum atomic E-state index is -0.802. The van der Waals surface area contributed by atoms with Gasteiger partial charge in [0, 0.05) is 18.9 Å². The molecule has 0 amide bonds. The molecular formula is C24H18FN9O2. The molecule has 0 unspecified atom stereocenters. The number of nitrogens with one attached hydrogen (secondary N) is 1. The average Bonchev–Trinajstić information content (AvgIpc) is 3.22. The number of aromatic nitrogens is 7. The lowest BCUT2D eigenvalue weighted by Gasteiger charge is -2.16. The van der Waals surface area contributed by atoms with Gasteiger partial charge in [0.2, 0.25) is 5.95 Å². The van der Waals surface area contributed by atoms with Crippen molar-refractivity contribution in [1.29, 1.82) is 5.26 Å². The van der Waals surface area contributed by atoms with Crippen LogP contribution in [0.1, 0.15) is 16.7 Å². The van der Waals surface area contributed by atoms with Crippen LogP contribution in [0.15, 0.2) is 64.4 Å². The van der Waals surface area contributed by atoms with Crippen molar-refractivity contribution in [3.05, 3.63) is 98.3 Å². The number of hydrogen-bond donors (Lipinski definition) is 1. The number of pyridine rings is 1. The highest BCUT2D eigenvalue weighted by atomic mass is 19.1. The summed E-state index contributed by atoms with van der Waals surface area (Å²) in [4.78, 5) is 36.2. The summed E-state index contributed by atoms with van der Waals surface area (Å²) in [6.45, 7) is 1.70. The number of aryl methyl sites for hydroxylation is 2. The van der Waals surface area contributed by atoms with Gasteiger partial charge in [0.1, 0.15) is 22.9 Å². The maximum Gasteiger partial charge on any atom is 0.359 e. The van der Waals surface area contributed by atoms with E-state index in [-0.39, 0.29) is 23.7 Å². The number of nitrogens with zero attached hydrogens (tertiary/aromatic N) is 8. The Balaban J connectivity index is 1.66. The third-order valence-electron chi connectivity index (χ3n) is 5.42. The van der Waals surface area contributed by atoms with E-state index in [4.69, 9.17) is 0 Å². The zero-order valence-corrected chi connectivity index (χ0v) is 19.2. The predicted molar refractivity (Wildman–Crippen MR) is 129 cm³/mol. The summed E-state index contributed by atoms with van der Waals surface area (Å²) in [6.07, 6.45) is 2.99. The van der Waals surface area contributed by atoms with Gasteiger partial charge >= 0.3 is 11.4 Å². The van der Waals surface area contributed by atoms with Crippen molar-refractivity contribution in [3.8, 4) is 11.8 Å². The van der Waals surface area contributed by atoms with Crippen LogP contribution in [0.25, 0.3) is 16.7 Å². The van der Waals surface area contributed by atoms with Gasteiger partial charge < -0.3 is 5.32 Å². The van der Waals surface area contributed by atoms with E-state index in [9.17, 15) is 19.2 Å². The van der Waals surface area contributed by atoms with Crippen LogP contribution < -0.4 is 16.7 Å². The molecule has 178 valence electrons. The van der Waals surface area contributed by atoms with E-state index in [1.165, 1.54) is 27.7 Å². The van der Waals surface area contributed by atoms with E-state index in [1.54, 1.807) is 50.5 Å². The van der Waals surface area contributed by atoms with E-state index in [1.807, 2.05) is 0 Å². The van der Waals surface area contributed by atoms with E-state index < -0.39 is 17.2 Å². The van der Waals surface area contributed by atoms with E-state index in [0.717, 1.165) is 16.2 Å². The summed E-state index contributed by atoms with van der Waals surface area (Å²) in [5.41, 5.74) is 1.63. The Labute approximate surface area is 202 Å². The summed E-state index contributed by atoms with van der Waals surface area (Å²) >= 11 is 0. The van der Waals surface area contributed by atoms with Gasteiger partial charge in [-0.1, -0.05) is 6.07 Å². The number of nitriles is 1. The van der Waals surface area contributed by atoms with Crippen molar-refractivity contribution in [1.82, 2.24) is 34.1 Å². The molecule has 0 saturated heterocycles. The Morgan fingerprint density at radius 1 is 1.06 bits per heavy atom. The molecule has 36 heavy (non-hydrogen) atoms. The molecule has 11 nitrogen and oxygen atoms in total. The van der Waals surface area contributed by atoms with Gasteiger partial charge in [0.15, 0.2) is 0 Å². The quantitative estimate of drug-likeness (QED) is 0.402. The molecule has 0 aliphatic rings. The maximum atomic E-state index is 13.9. The highest BCUT2D eigenvalue weighted by Gasteiger charge is 2.17. The van der Waals surface area contributed by atoms with Gasteiger partial charge in [-0.15, -0.1) is 0 Å². The van der Waals surface area contributed by atoms with Gasteiger partial charge in [-0.2, -0.15) is 25.2 Å². The van der Waals surface area contributed by atoms with Crippen molar-refractivity contribution in [2.45, 2.75) is 13.5 Å². The maximum absolute atomic E-state index is 13.9. The van der Waals surface area contributed by atoms with E-state index in [2.05, 4.69) is 25.5 Å². The largest absolute Gasteiger partial charge is 0.359 e. The Morgan fingerprint density at radius 2 is 1.86 bits per heavy atom. The Kier molecular flexibility index (Phi) is 5.57. The van der Waals surface area contributed by atoms with Crippen molar-refractivity contribution in [2.75, 3.05) is 5.32 Å². The van der Waals surface area contributed by atoms with Crippen LogP contribution in [0.5, 0.6) is 0 Å². The molecule has 0 aliphatic carbocycles. The van der Waals surface area contributed by atoms with E-state index in [0.29, 0.717) is 22.3 Å². The summed E-state index contributed by atoms with van der Waals surface area (Å²) in [5, 5.41) is 20.7. The Bertz CT molecular complexity index is 1800. The van der Waals surface area contributed by atoms with Gasteiger partial charge in [-0.25, -0.2) is 18.5 Å². The summed E-state index contributed by atoms with van der Waals surface area (Å²) < 4.78 is 16.0. The van der Waals surface area contributed by atoms with Crippen LogP contribution in [0.4, 0.5) is 16.0 Å². The zero-order valence-electron chi connectivity index (χ0n) is 19.2. The van der Waals surface area contributed by atoms with Gasteiger partial charge in [0.05, 0.1) is 24.0 Å². The topological polar surface area (TPSA) is 136 Å². The monoisotopic (exact) mass is 483 g/mol. The van der Waals surface area contributed by atoms with Crippen LogP contribution in [0.3, 0.4) is 0 Å². The second-order valence-electron chi connectivity index (χ2n) is 8.09. The lowest BCUT2D eigenvalue weighted by atomic mass is 10.1. The molecule has 5 rings (SSSR count). The fourth-order valence-corrected chi connectivity index (χ4v) is 3.78. The molecular weight excluding hydrogens is 465 g/mol. The van der Waals surface area contributed by atoms with Gasteiger partial charge in [0.25, 0.3) is 0 Å². The number of rotatable bonds is 5. The smallest absolute Gasteiger partial charge is 0.325 e. The van der Waals surface area contributed by atoms with Crippen molar-refractivity contribution in [2.24, 2.45) is 7.05 Å². The zero-order chi connectivity index (χ0) is 25.4. The third kappa shape index (κ3) is 4.21. The molecule has 2 aromatic carbocycles. The molecule has 0 bridgehead atoms. The lowest BCUT2D eigenvalue weighted by molar-refractivity contribution is 0.620. The van der Waals surface area contributed by atoms with Crippen molar-refractivity contribution < 1.29 is 4.39 Å². The lowest BCUT2D eigenvalue weighted by Crippen LogP contribution is -2.41. The summed E-state index contributed by atoms with van der Waals surface area (Å²) in [5.74, 6) is -0.703. The van der Waals surface area contributed by atoms with Crippen LogP contribution in [0, 0.1) is 24.1 Å². The average molecular weight is 483 g/mol. The second-order valence-corrected chi connectivity index (χ2v) is 8.09. The molecule has 0 aliphatic heterocycles. The van der Waals surface area contributed by atoms with Crippen LogP contribution in [0.2, 0.25) is 0 Å². The SMILES string of the molecule is Cc1cncc(-n2c(=O)nc(Nc3ccc4nn(C)nc4c3)n(Cc3ccc(F)c(C#N)c3)c2=O)c1. The first kappa shape index (κ1) is 22.6. The molecule has 1 N–H and O–H groups in total. The molecule has 0 spiro atoms. The number of benzene rings is 2. The fourth-order valence-electron chi connectivity index (χ4n) is 3.78. The van der Waals surface area contributed by atoms with Crippen LogP contribution in [-0.4, -0.2) is 34.1 Å². The van der Waals surface area contributed by atoms with Crippen LogP contribution in [-0.2, 0) is 13.6 Å². The standard InChI is InChI=1S/C24H18FN9O2/c1-14-7-18(12-27-11-14)34-23(35)29-22(28-17-4-6-20-21(9-17)31-32(2)30-20)33(24(34)36)13-15-3-5-19(25)16(8-15)10-26/h3-9,11-12H,13H2,1-2H3,(H,28,29,35). The first-order valence-corrected chi connectivity index (χ1v) is 10.7. The number of anilines is 2. The minimum absolute atomic E-state index is 0.0343. The summed E-state index contributed by atoms with van der Waals surface area (Å²) in [6, 6.07) is 12.6. The predicted octanol–water partition coefficient (Wildman–Crippen LogP) is 2.18. The third-order valence-corrected chi connectivity index (χ3v) is 5.42. The van der Waals surface area contributed by atoms with Gasteiger partial charge in [-0.3, -0.25) is 9.55 Å². The molecule has 0 fully saturated rings. The minimum Gasteiger partial charge on any atom is -0.325 e. The summed E-state index contributed by atoms with van der Waals surface area (Å²) in [7, 11) is 1.70. The highest BCUT2D eigenvalue weighted by molar-refractivity contribution is 5.79. The van der Waals surface area contributed by atoms with Crippen molar-refractivity contribution in [3.63, 3.8) is 0 Å². The molecule has 5 aromatic rings. The first-order chi connectivity index (χ1) is 17.3.